The van der Waals surface area contributed by atoms with Crippen molar-refractivity contribution in [3.8, 4) is 0 Å². The zero-order valence-corrected chi connectivity index (χ0v) is 10.4. The van der Waals surface area contributed by atoms with Crippen molar-refractivity contribution >= 4 is 0 Å². The molecule has 0 amide bonds. The molecule has 1 aliphatic heterocycles. The van der Waals surface area contributed by atoms with E-state index in [1.54, 1.807) is 0 Å². The van der Waals surface area contributed by atoms with Gasteiger partial charge in [0.1, 0.15) is 0 Å². The molecule has 0 radical (unpaired) electrons. The maximum absolute atomic E-state index is 2.68. The van der Waals surface area contributed by atoms with Gasteiger partial charge in [-0.2, -0.15) is 0 Å². The van der Waals surface area contributed by atoms with Gasteiger partial charge in [-0.05, 0) is 37.9 Å². The topological polar surface area (TPSA) is 3.24 Å². The van der Waals surface area contributed by atoms with Gasteiger partial charge < -0.3 is 0 Å². The van der Waals surface area contributed by atoms with Crippen LogP contribution in [0, 0.1) is 0 Å². The summed E-state index contributed by atoms with van der Waals surface area (Å²) in [5.41, 5.74) is 1.49. The van der Waals surface area contributed by atoms with Gasteiger partial charge in [-0.25, -0.2) is 0 Å². The molecule has 0 saturated carbocycles. The van der Waals surface area contributed by atoms with Crippen molar-refractivity contribution in [3.63, 3.8) is 0 Å². The summed E-state index contributed by atoms with van der Waals surface area (Å²) in [4.78, 5) is 2.68. The largest absolute Gasteiger partial charge is 0.296 e. The zero-order chi connectivity index (χ0) is 11.2. The molecular weight excluding hydrogens is 194 g/mol. The van der Waals surface area contributed by atoms with Crippen LogP contribution in [0.2, 0.25) is 0 Å². The molecule has 1 aromatic rings. The summed E-state index contributed by atoms with van der Waals surface area (Å²) >= 11 is 0. The summed E-state index contributed by atoms with van der Waals surface area (Å²) in [6.45, 7) is 4.88. The highest BCUT2D eigenvalue weighted by Crippen LogP contribution is 2.26. The van der Waals surface area contributed by atoms with Crippen molar-refractivity contribution < 1.29 is 0 Å². The normalized spacial score (nSPS) is 20.3. The van der Waals surface area contributed by atoms with Crippen LogP contribution in [-0.2, 0) is 0 Å². The first-order chi connectivity index (χ1) is 7.92. The van der Waals surface area contributed by atoms with Gasteiger partial charge in [0.15, 0.2) is 0 Å². The summed E-state index contributed by atoms with van der Waals surface area (Å²) in [7, 11) is 0. The predicted molar refractivity (Wildman–Crippen MR) is 69.5 cm³/mol. The van der Waals surface area contributed by atoms with Crippen LogP contribution < -0.4 is 0 Å². The van der Waals surface area contributed by atoms with E-state index in [0.717, 1.165) is 0 Å². The molecule has 0 N–H and O–H groups in total. The Morgan fingerprint density at radius 1 is 1.00 bits per heavy atom. The fraction of sp³-hybridized carbons (Fsp3) is 0.600. The van der Waals surface area contributed by atoms with Crippen molar-refractivity contribution in [1.82, 2.24) is 4.90 Å². The highest BCUT2D eigenvalue weighted by molar-refractivity contribution is 5.18. The monoisotopic (exact) mass is 217 g/mol. The SMILES string of the molecule is CCC(c1ccccc1)N1CCCCCC1. The van der Waals surface area contributed by atoms with Crippen molar-refractivity contribution in [3.05, 3.63) is 35.9 Å². The minimum Gasteiger partial charge on any atom is -0.296 e. The number of rotatable bonds is 3. The van der Waals surface area contributed by atoms with Crippen LogP contribution in [0.1, 0.15) is 50.6 Å². The van der Waals surface area contributed by atoms with Gasteiger partial charge in [-0.1, -0.05) is 50.1 Å². The number of benzene rings is 1. The molecule has 1 nitrogen and oxygen atoms in total. The van der Waals surface area contributed by atoms with E-state index in [4.69, 9.17) is 0 Å². The molecule has 1 unspecified atom stereocenters. The van der Waals surface area contributed by atoms with E-state index < -0.39 is 0 Å². The van der Waals surface area contributed by atoms with E-state index in [2.05, 4.69) is 42.2 Å². The lowest BCUT2D eigenvalue weighted by atomic mass is 10.0. The van der Waals surface area contributed by atoms with Gasteiger partial charge in [0, 0.05) is 6.04 Å². The molecule has 1 saturated heterocycles. The minimum absolute atomic E-state index is 0.638. The highest BCUT2D eigenvalue weighted by atomic mass is 15.1. The smallest absolute Gasteiger partial charge is 0.0345 e. The van der Waals surface area contributed by atoms with Crippen LogP contribution in [0.15, 0.2) is 30.3 Å². The molecule has 0 aromatic heterocycles. The van der Waals surface area contributed by atoms with Gasteiger partial charge in [0.25, 0.3) is 0 Å². The van der Waals surface area contributed by atoms with E-state index in [0.29, 0.717) is 6.04 Å². The van der Waals surface area contributed by atoms with Crippen molar-refractivity contribution in [2.75, 3.05) is 13.1 Å². The molecule has 1 atom stereocenters. The molecule has 1 heterocycles. The van der Waals surface area contributed by atoms with E-state index in [1.165, 1.54) is 50.8 Å². The van der Waals surface area contributed by atoms with E-state index in [9.17, 15) is 0 Å². The molecule has 1 aromatic carbocycles. The first kappa shape index (κ1) is 11.7. The van der Waals surface area contributed by atoms with Crippen molar-refractivity contribution in [2.45, 2.75) is 45.1 Å². The van der Waals surface area contributed by atoms with Crippen LogP contribution in [0.25, 0.3) is 0 Å². The van der Waals surface area contributed by atoms with Gasteiger partial charge in [-0.15, -0.1) is 0 Å². The average Bonchev–Trinajstić information content (AvgIpc) is 2.61. The number of hydrogen-bond acceptors (Lipinski definition) is 1. The van der Waals surface area contributed by atoms with Crippen LogP contribution in [0.4, 0.5) is 0 Å². The fourth-order valence-electron chi connectivity index (χ4n) is 2.79. The molecule has 1 aliphatic rings. The Morgan fingerprint density at radius 3 is 2.19 bits per heavy atom. The second kappa shape index (κ2) is 6.05. The molecular formula is C15H23N. The molecule has 0 spiro atoms. The third-order valence-electron chi connectivity index (χ3n) is 3.65. The highest BCUT2D eigenvalue weighted by Gasteiger charge is 2.19. The van der Waals surface area contributed by atoms with E-state index >= 15 is 0 Å². The number of hydrogen-bond donors (Lipinski definition) is 0. The molecule has 2 rings (SSSR count). The summed E-state index contributed by atoms with van der Waals surface area (Å²) in [6.07, 6.45) is 6.82. The third-order valence-corrected chi connectivity index (χ3v) is 3.65. The Bertz CT molecular complexity index is 286. The standard InChI is InChI=1S/C15H23N/c1-2-15(14-10-6-5-7-11-14)16-12-8-3-4-9-13-16/h5-7,10-11,15H,2-4,8-9,12-13H2,1H3. The average molecular weight is 217 g/mol. The Balaban J connectivity index is 2.09. The van der Waals surface area contributed by atoms with E-state index in [-0.39, 0.29) is 0 Å². The number of likely N-dealkylation sites (tertiary alicyclic amines) is 1. The van der Waals surface area contributed by atoms with Crippen molar-refractivity contribution in [1.29, 1.82) is 0 Å². The third kappa shape index (κ3) is 2.85. The maximum atomic E-state index is 2.68. The lowest BCUT2D eigenvalue weighted by Crippen LogP contribution is -2.29. The summed E-state index contributed by atoms with van der Waals surface area (Å²) in [6, 6.07) is 11.6. The molecule has 88 valence electrons. The maximum Gasteiger partial charge on any atom is 0.0345 e. The summed E-state index contributed by atoms with van der Waals surface area (Å²) in [5.74, 6) is 0. The van der Waals surface area contributed by atoms with Gasteiger partial charge in [0.05, 0.1) is 0 Å². The molecule has 1 fully saturated rings. The Hall–Kier alpha value is -0.820. The molecule has 1 heteroatoms. The predicted octanol–water partition coefficient (Wildman–Crippen LogP) is 4.01. The van der Waals surface area contributed by atoms with Gasteiger partial charge >= 0.3 is 0 Å². The lowest BCUT2D eigenvalue weighted by Gasteiger charge is -2.30. The zero-order valence-electron chi connectivity index (χ0n) is 10.4. The molecule has 16 heavy (non-hydrogen) atoms. The van der Waals surface area contributed by atoms with Gasteiger partial charge in [-0.3, -0.25) is 4.90 Å². The van der Waals surface area contributed by atoms with Crippen LogP contribution >= 0.6 is 0 Å². The van der Waals surface area contributed by atoms with Crippen LogP contribution in [0.3, 0.4) is 0 Å². The van der Waals surface area contributed by atoms with Crippen LogP contribution in [-0.4, -0.2) is 18.0 Å². The Morgan fingerprint density at radius 2 is 1.62 bits per heavy atom. The first-order valence-corrected chi connectivity index (χ1v) is 6.71. The second-order valence-electron chi connectivity index (χ2n) is 4.78. The second-order valence-corrected chi connectivity index (χ2v) is 4.78. The summed E-state index contributed by atoms with van der Waals surface area (Å²) in [5, 5.41) is 0. The lowest BCUT2D eigenvalue weighted by molar-refractivity contribution is 0.200. The number of nitrogens with zero attached hydrogens (tertiary/aromatic N) is 1. The fourth-order valence-corrected chi connectivity index (χ4v) is 2.79. The minimum atomic E-state index is 0.638. The molecule has 0 aliphatic carbocycles. The van der Waals surface area contributed by atoms with Crippen molar-refractivity contribution in [2.24, 2.45) is 0 Å². The molecule has 0 bridgehead atoms. The summed E-state index contributed by atoms with van der Waals surface area (Å²) < 4.78 is 0. The first-order valence-electron chi connectivity index (χ1n) is 6.71. The Labute approximate surface area is 99.5 Å². The van der Waals surface area contributed by atoms with E-state index in [1.807, 2.05) is 0 Å². The van der Waals surface area contributed by atoms with Crippen LogP contribution in [0.5, 0.6) is 0 Å². The van der Waals surface area contributed by atoms with Gasteiger partial charge in [0.2, 0.25) is 0 Å². The Kier molecular flexibility index (Phi) is 4.41. The quantitative estimate of drug-likeness (QED) is 0.739.